The zero-order valence-corrected chi connectivity index (χ0v) is 19.2. The predicted molar refractivity (Wildman–Crippen MR) is 130 cm³/mol. The molecule has 0 saturated carbocycles. The number of hydrogen-bond donors (Lipinski definition) is 0. The van der Waals surface area contributed by atoms with Gasteiger partial charge in [0.15, 0.2) is 5.65 Å². The summed E-state index contributed by atoms with van der Waals surface area (Å²) in [5.41, 5.74) is 5.88. The largest absolute Gasteiger partial charge is 0.355 e. The third-order valence-electron chi connectivity index (χ3n) is 4.26. The maximum absolute atomic E-state index is 12.2. The molecule has 0 spiro atoms. The van der Waals surface area contributed by atoms with Crippen LogP contribution in [0.4, 0.5) is 5.69 Å². The predicted octanol–water partition coefficient (Wildman–Crippen LogP) is 5.12. The van der Waals surface area contributed by atoms with Crippen molar-refractivity contribution in [2.24, 2.45) is 0 Å². The molecule has 0 N–H and O–H groups in total. The molecule has 0 saturated heterocycles. The summed E-state index contributed by atoms with van der Waals surface area (Å²) in [6.07, 6.45) is 10.4. The fourth-order valence-corrected chi connectivity index (χ4v) is 2.89. The van der Waals surface area contributed by atoms with Gasteiger partial charge < -0.3 is 9.80 Å². The van der Waals surface area contributed by atoms with Crippen LogP contribution in [0, 0.1) is 6.92 Å². The van der Waals surface area contributed by atoms with Crippen LogP contribution in [0.3, 0.4) is 0 Å². The highest BCUT2D eigenvalue weighted by Crippen LogP contribution is 2.18. The summed E-state index contributed by atoms with van der Waals surface area (Å²) in [6.45, 7) is 12.1. The normalized spacial score (nSPS) is 12.3. The van der Waals surface area contributed by atoms with Gasteiger partial charge in [0.2, 0.25) is 0 Å². The van der Waals surface area contributed by atoms with Crippen LogP contribution in [0.1, 0.15) is 39.7 Å². The van der Waals surface area contributed by atoms with Crippen molar-refractivity contribution in [1.82, 2.24) is 19.1 Å². The fourth-order valence-electron chi connectivity index (χ4n) is 2.89. The number of aryl methyl sites for hydroxylation is 1. The first-order valence-corrected chi connectivity index (χ1v) is 10.9. The standard InChI is InChI=1S/C20H19N5O.C3H8.C2H6/c1-17-6-4-7-18(16-17)23-14-12-22(13-15-23)9-5-11-25-20(26)24-10-3-2-8-19(24)21-25;1-3-2;1-2/h2-4,6-12,14,16H,13,15H2,1H3;3H2,1-2H3;1-2H3. The van der Waals surface area contributed by atoms with E-state index in [0.717, 1.165) is 13.1 Å². The minimum absolute atomic E-state index is 0.207. The third-order valence-corrected chi connectivity index (χ3v) is 4.26. The van der Waals surface area contributed by atoms with Crippen LogP contribution in [0.15, 0.2) is 77.8 Å². The molecular formula is C25H33N5O. The number of fused-ring (bicyclic) bond motifs is 1. The molecule has 3 heterocycles. The second-order valence-electron chi connectivity index (χ2n) is 6.86. The van der Waals surface area contributed by atoms with Crippen LogP contribution >= 0.6 is 0 Å². The molecule has 1 aromatic carbocycles. The number of hydrogen-bond acceptors (Lipinski definition) is 4. The van der Waals surface area contributed by atoms with Crippen molar-refractivity contribution < 1.29 is 0 Å². The summed E-state index contributed by atoms with van der Waals surface area (Å²) < 4.78 is 2.79. The lowest BCUT2D eigenvalue weighted by Gasteiger charge is -2.29. The average molecular weight is 420 g/mol. The smallest absolute Gasteiger partial charge is 0.345 e. The van der Waals surface area contributed by atoms with Crippen molar-refractivity contribution in [2.45, 2.75) is 41.0 Å². The van der Waals surface area contributed by atoms with Crippen LogP contribution in [0.5, 0.6) is 0 Å². The summed E-state index contributed by atoms with van der Waals surface area (Å²) in [4.78, 5) is 16.4. The first-order valence-electron chi connectivity index (χ1n) is 10.9. The second-order valence-corrected chi connectivity index (χ2v) is 6.86. The van der Waals surface area contributed by atoms with Gasteiger partial charge in [0.25, 0.3) is 0 Å². The Morgan fingerprint density at radius 2 is 1.81 bits per heavy atom. The van der Waals surface area contributed by atoms with Gasteiger partial charge in [0.1, 0.15) is 0 Å². The van der Waals surface area contributed by atoms with Crippen LogP contribution in [0.2, 0.25) is 0 Å². The number of pyridine rings is 1. The summed E-state index contributed by atoms with van der Waals surface area (Å²) in [7, 11) is 0. The monoisotopic (exact) mass is 419 g/mol. The Kier molecular flexibility index (Phi) is 9.40. The van der Waals surface area contributed by atoms with Gasteiger partial charge in [-0.15, -0.1) is 5.10 Å². The van der Waals surface area contributed by atoms with E-state index < -0.39 is 0 Å². The molecule has 0 bridgehead atoms. The highest BCUT2D eigenvalue weighted by molar-refractivity contribution is 5.51. The van der Waals surface area contributed by atoms with Gasteiger partial charge in [0.05, 0.1) is 6.20 Å². The molecule has 4 rings (SSSR count). The molecule has 3 aromatic rings. The molecule has 31 heavy (non-hydrogen) atoms. The molecule has 0 unspecified atom stereocenters. The van der Waals surface area contributed by atoms with Crippen LogP contribution in [-0.2, 0) is 0 Å². The Morgan fingerprint density at radius 3 is 2.45 bits per heavy atom. The Labute approximate surface area is 185 Å². The molecule has 0 aliphatic carbocycles. The molecule has 0 radical (unpaired) electrons. The Hall–Kier alpha value is -3.50. The SMILES string of the molecule is CC.CCC.Cc1cccc(N2C=CN(C=C=Cn3nc4ccccn4c3=O)CC2)c1. The molecule has 0 atom stereocenters. The van der Waals surface area contributed by atoms with E-state index in [4.69, 9.17) is 0 Å². The maximum Gasteiger partial charge on any atom is 0.355 e. The minimum atomic E-state index is -0.207. The van der Waals surface area contributed by atoms with E-state index in [0.29, 0.717) is 5.65 Å². The topological polar surface area (TPSA) is 45.8 Å². The number of benzene rings is 1. The Morgan fingerprint density at radius 1 is 1.03 bits per heavy atom. The van der Waals surface area contributed by atoms with Crippen molar-refractivity contribution in [3.8, 4) is 0 Å². The van der Waals surface area contributed by atoms with E-state index in [9.17, 15) is 4.79 Å². The van der Waals surface area contributed by atoms with Crippen molar-refractivity contribution in [1.29, 1.82) is 0 Å². The second kappa shape index (κ2) is 12.3. The quantitative estimate of drug-likeness (QED) is 0.553. The van der Waals surface area contributed by atoms with Gasteiger partial charge in [-0.3, -0.25) is 0 Å². The van der Waals surface area contributed by atoms with E-state index in [1.54, 1.807) is 24.5 Å². The molecule has 0 fully saturated rings. The van der Waals surface area contributed by atoms with E-state index in [-0.39, 0.29) is 5.69 Å². The number of rotatable bonds is 3. The lowest BCUT2D eigenvalue weighted by atomic mass is 10.2. The van der Waals surface area contributed by atoms with Gasteiger partial charge in [-0.1, -0.05) is 58.0 Å². The van der Waals surface area contributed by atoms with Crippen molar-refractivity contribution in [3.63, 3.8) is 0 Å². The van der Waals surface area contributed by atoms with Crippen LogP contribution < -0.4 is 10.6 Å². The minimum Gasteiger partial charge on any atom is -0.345 e. The molecule has 6 nitrogen and oxygen atoms in total. The fraction of sp³-hybridized carbons (Fsp3) is 0.320. The lowest BCUT2D eigenvalue weighted by molar-refractivity contribution is 0.493. The zero-order valence-electron chi connectivity index (χ0n) is 19.2. The van der Waals surface area contributed by atoms with Gasteiger partial charge in [-0.25, -0.2) is 9.20 Å². The highest BCUT2D eigenvalue weighted by atomic mass is 16.2. The molecule has 164 valence electrons. The maximum atomic E-state index is 12.2. The van der Waals surface area contributed by atoms with Gasteiger partial charge in [-0.05, 0) is 36.8 Å². The number of aromatic nitrogens is 3. The van der Waals surface area contributed by atoms with Gasteiger partial charge in [0, 0.05) is 43.6 Å². The van der Waals surface area contributed by atoms with E-state index in [1.165, 1.54) is 26.8 Å². The van der Waals surface area contributed by atoms with E-state index in [1.807, 2.05) is 43.4 Å². The van der Waals surface area contributed by atoms with Crippen molar-refractivity contribution in [2.75, 3.05) is 18.0 Å². The van der Waals surface area contributed by atoms with Gasteiger partial charge >= 0.3 is 5.69 Å². The van der Waals surface area contributed by atoms with Crippen molar-refractivity contribution >= 4 is 17.5 Å². The van der Waals surface area contributed by atoms with Crippen molar-refractivity contribution in [3.05, 3.63) is 89.0 Å². The van der Waals surface area contributed by atoms with Crippen LogP contribution in [-0.4, -0.2) is 32.2 Å². The molecule has 0 amide bonds. The lowest BCUT2D eigenvalue weighted by Crippen LogP contribution is -2.31. The molecule has 2 aromatic heterocycles. The van der Waals surface area contributed by atoms with E-state index in [2.05, 4.69) is 60.8 Å². The molecular weight excluding hydrogens is 386 g/mol. The summed E-state index contributed by atoms with van der Waals surface area (Å²) in [6, 6.07) is 13.9. The molecule has 1 aliphatic rings. The summed E-state index contributed by atoms with van der Waals surface area (Å²) in [5.74, 6) is 0. The summed E-state index contributed by atoms with van der Waals surface area (Å²) >= 11 is 0. The first-order chi connectivity index (χ1) is 15.1. The van der Waals surface area contributed by atoms with Gasteiger partial charge in [-0.2, -0.15) is 4.68 Å². The van der Waals surface area contributed by atoms with Crippen LogP contribution in [0.25, 0.3) is 11.8 Å². The third kappa shape index (κ3) is 6.49. The molecule has 1 aliphatic heterocycles. The number of nitrogens with zero attached hydrogens (tertiary/aromatic N) is 5. The zero-order chi connectivity index (χ0) is 22.6. The summed E-state index contributed by atoms with van der Waals surface area (Å²) in [5, 5.41) is 4.24. The Balaban J connectivity index is 0.000000630. The number of anilines is 1. The molecule has 6 heteroatoms. The average Bonchev–Trinajstić information content (AvgIpc) is 3.12. The Bertz CT molecular complexity index is 1100. The van der Waals surface area contributed by atoms with E-state index >= 15 is 0 Å². The first kappa shape index (κ1) is 23.8. The highest BCUT2D eigenvalue weighted by Gasteiger charge is 2.09.